The van der Waals surface area contributed by atoms with E-state index in [0.29, 0.717) is 16.7 Å². The number of para-hydroxylation sites is 1. The predicted octanol–water partition coefficient (Wildman–Crippen LogP) is 4.92. The lowest BCUT2D eigenvalue weighted by Gasteiger charge is -2.10. The number of hydrogen-bond acceptors (Lipinski definition) is 3. The largest absolute Gasteiger partial charge is 0.438 e. The highest BCUT2D eigenvalue weighted by Gasteiger charge is 2.16. The summed E-state index contributed by atoms with van der Waals surface area (Å²) in [6, 6.07) is 14.5. The number of rotatable bonds is 4. The Bertz CT molecular complexity index is 806. The van der Waals surface area contributed by atoms with Crippen LogP contribution in [-0.4, -0.2) is 9.97 Å². The maximum absolute atomic E-state index is 13.0. The molecule has 0 fully saturated rings. The number of ether oxygens (including phenoxy) is 1. The van der Waals surface area contributed by atoms with E-state index in [9.17, 15) is 8.78 Å². The summed E-state index contributed by atoms with van der Waals surface area (Å²) in [7, 11) is 0. The minimum absolute atomic E-state index is 0.147. The van der Waals surface area contributed by atoms with Crippen LogP contribution < -0.4 is 4.74 Å². The zero-order valence-corrected chi connectivity index (χ0v) is 12.0. The van der Waals surface area contributed by atoms with Crippen molar-refractivity contribution in [3.05, 3.63) is 59.9 Å². The van der Waals surface area contributed by atoms with E-state index in [-0.39, 0.29) is 5.88 Å². The summed E-state index contributed by atoms with van der Waals surface area (Å²) in [4.78, 5) is 7.74. The molecule has 0 amide bonds. The first-order valence-corrected chi connectivity index (χ1v) is 6.99. The second kappa shape index (κ2) is 6.05. The molecule has 1 aromatic heterocycles. The molecule has 0 saturated carbocycles. The van der Waals surface area contributed by atoms with Crippen molar-refractivity contribution in [1.29, 1.82) is 0 Å². The van der Waals surface area contributed by atoms with Gasteiger partial charge in [0.2, 0.25) is 5.88 Å². The standard InChI is InChI=1S/C17H14F2N2O/c1-2-11-6-5-7-12(10-11)22-17-13-8-3-4-9-14(13)20-16(21-17)15(18)19/h3-10,15H,2H2,1H3. The Morgan fingerprint density at radius 3 is 2.64 bits per heavy atom. The Morgan fingerprint density at radius 2 is 1.86 bits per heavy atom. The van der Waals surface area contributed by atoms with Gasteiger partial charge in [0.05, 0.1) is 10.9 Å². The third-order valence-electron chi connectivity index (χ3n) is 3.30. The minimum Gasteiger partial charge on any atom is -0.438 e. The van der Waals surface area contributed by atoms with Gasteiger partial charge in [-0.3, -0.25) is 0 Å². The summed E-state index contributed by atoms with van der Waals surface area (Å²) in [5.74, 6) is 0.193. The van der Waals surface area contributed by atoms with Gasteiger partial charge in [-0.2, -0.15) is 4.98 Å². The Hall–Kier alpha value is -2.56. The van der Waals surface area contributed by atoms with Crippen LogP contribution in [-0.2, 0) is 6.42 Å². The molecule has 0 saturated heterocycles. The van der Waals surface area contributed by atoms with Crippen LogP contribution >= 0.6 is 0 Å². The Labute approximate surface area is 126 Å². The summed E-state index contributed by atoms with van der Waals surface area (Å²) in [5, 5.41) is 0.605. The SMILES string of the molecule is CCc1cccc(Oc2nc(C(F)F)nc3ccccc23)c1. The number of hydrogen-bond donors (Lipinski definition) is 0. The van der Waals surface area contributed by atoms with Crippen LogP contribution in [0.15, 0.2) is 48.5 Å². The molecular weight excluding hydrogens is 286 g/mol. The van der Waals surface area contributed by atoms with Crippen molar-refractivity contribution in [3.63, 3.8) is 0 Å². The van der Waals surface area contributed by atoms with Gasteiger partial charge in [-0.1, -0.05) is 31.2 Å². The topological polar surface area (TPSA) is 35.0 Å². The molecule has 0 radical (unpaired) electrons. The van der Waals surface area contributed by atoms with Crippen molar-refractivity contribution in [2.75, 3.05) is 0 Å². The zero-order chi connectivity index (χ0) is 15.5. The van der Waals surface area contributed by atoms with E-state index in [4.69, 9.17) is 4.74 Å². The van der Waals surface area contributed by atoms with E-state index >= 15 is 0 Å². The number of aromatic nitrogens is 2. The first-order valence-electron chi connectivity index (χ1n) is 6.99. The van der Waals surface area contributed by atoms with Crippen LogP contribution in [0.3, 0.4) is 0 Å². The summed E-state index contributed by atoms with van der Waals surface area (Å²) in [5.41, 5.74) is 1.54. The average Bonchev–Trinajstić information content (AvgIpc) is 2.55. The molecule has 3 nitrogen and oxygen atoms in total. The molecule has 0 unspecified atom stereocenters. The Kier molecular flexibility index (Phi) is 3.96. The highest BCUT2D eigenvalue weighted by molar-refractivity contribution is 5.83. The van der Waals surface area contributed by atoms with Gasteiger partial charge in [-0.25, -0.2) is 13.8 Å². The van der Waals surface area contributed by atoms with E-state index in [1.54, 1.807) is 30.3 Å². The second-order valence-corrected chi connectivity index (χ2v) is 4.81. The molecule has 0 aliphatic heterocycles. The van der Waals surface area contributed by atoms with Gasteiger partial charge in [-0.05, 0) is 36.2 Å². The summed E-state index contributed by atoms with van der Waals surface area (Å²) >= 11 is 0. The summed E-state index contributed by atoms with van der Waals surface area (Å²) < 4.78 is 31.6. The van der Waals surface area contributed by atoms with Crippen LogP contribution in [0.1, 0.15) is 24.7 Å². The van der Waals surface area contributed by atoms with Crippen LogP contribution in [0.25, 0.3) is 10.9 Å². The molecule has 0 N–H and O–H groups in total. The molecule has 0 atom stereocenters. The fourth-order valence-electron chi connectivity index (χ4n) is 2.18. The number of benzene rings is 2. The first kappa shape index (κ1) is 14.4. The molecule has 112 valence electrons. The van der Waals surface area contributed by atoms with Crippen LogP contribution in [0.4, 0.5) is 8.78 Å². The van der Waals surface area contributed by atoms with E-state index < -0.39 is 12.2 Å². The third kappa shape index (κ3) is 2.88. The molecule has 2 aromatic carbocycles. The van der Waals surface area contributed by atoms with Gasteiger partial charge in [0.1, 0.15) is 5.75 Å². The monoisotopic (exact) mass is 300 g/mol. The lowest BCUT2D eigenvalue weighted by Crippen LogP contribution is -1.99. The number of fused-ring (bicyclic) bond motifs is 1. The van der Waals surface area contributed by atoms with Crippen molar-refractivity contribution >= 4 is 10.9 Å². The summed E-state index contributed by atoms with van der Waals surface area (Å²) in [6.07, 6.45) is -1.88. The van der Waals surface area contributed by atoms with E-state index in [1.807, 2.05) is 25.1 Å². The molecular formula is C17H14F2N2O. The fraction of sp³-hybridized carbons (Fsp3) is 0.176. The highest BCUT2D eigenvalue weighted by atomic mass is 19.3. The normalized spacial score (nSPS) is 11.1. The maximum Gasteiger partial charge on any atom is 0.297 e. The predicted molar refractivity (Wildman–Crippen MR) is 80.4 cm³/mol. The van der Waals surface area contributed by atoms with Crippen LogP contribution in [0.2, 0.25) is 0 Å². The minimum atomic E-state index is -2.74. The van der Waals surface area contributed by atoms with Gasteiger partial charge in [0, 0.05) is 0 Å². The molecule has 0 aliphatic rings. The maximum atomic E-state index is 13.0. The first-order chi connectivity index (χ1) is 10.7. The van der Waals surface area contributed by atoms with Crippen molar-refractivity contribution in [3.8, 4) is 11.6 Å². The average molecular weight is 300 g/mol. The number of aryl methyl sites for hydroxylation is 1. The molecule has 0 spiro atoms. The number of alkyl halides is 2. The summed E-state index contributed by atoms with van der Waals surface area (Å²) in [6.45, 7) is 2.04. The zero-order valence-electron chi connectivity index (χ0n) is 12.0. The lowest BCUT2D eigenvalue weighted by molar-refractivity contribution is 0.140. The van der Waals surface area contributed by atoms with Crippen molar-refractivity contribution < 1.29 is 13.5 Å². The third-order valence-corrected chi connectivity index (χ3v) is 3.30. The van der Waals surface area contributed by atoms with Gasteiger partial charge in [-0.15, -0.1) is 0 Å². The van der Waals surface area contributed by atoms with E-state index in [0.717, 1.165) is 12.0 Å². The van der Waals surface area contributed by atoms with Crippen molar-refractivity contribution in [2.24, 2.45) is 0 Å². The van der Waals surface area contributed by atoms with Crippen molar-refractivity contribution in [1.82, 2.24) is 9.97 Å². The Morgan fingerprint density at radius 1 is 1.05 bits per heavy atom. The molecule has 3 aromatic rings. The smallest absolute Gasteiger partial charge is 0.297 e. The quantitative estimate of drug-likeness (QED) is 0.686. The Balaban J connectivity index is 2.08. The van der Waals surface area contributed by atoms with E-state index in [2.05, 4.69) is 9.97 Å². The van der Waals surface area contributed by atoms with Crippen LogP contribution in [0.5, 0.6) is 11.6 Å². The second-order valence-electron chi connectivity index (χ2n) is 4.81. The molecule has 0 aliphatic carbocycles. The van der Waals surface area contributed by atoms with Crippen molar-refractivity contribution in [2.45, 2.75) is 19.8 Å². The van der Waals surface area contributed by atoms with E-state index in [1.165, 1.54) is 0 Å². The molecule has 5 heteroatoms. The molecule has 3 rings (SSSR count). The lowest BCUT2D eigenvalue weighted by atomic mass is 10.2. The van der Waals surface area contributed by atoms with Crippen LogP contribution in [0, 0.1) is 0 Å². The molecule has 0 bridgehead atoms. The van der Waals surface area contributed by atoms with Gasteiger partial charge in [0.15, 0.2) is 5.82 Å². The molecule has 22 heavy (non-hydrogen) atoms. The van der Waals surface area contributed by atoms with Gasteiger partial charge in [0.25, 0.3) is 6.43 Å². The fourth-order valence-corrected chi connectivity index (χ4v) is 2.18. The highest BCUT2D eigenvalue weighted by Crippen LogP contribution is 2.30. The van der Waals surface area contributed by atoms with Gasteiger partial charge >= 0.3 is 0 Å². The number of nitrogens with zero attached hydrogens (tertiary/aromatic N) is 2. The van der Waals surface area contributed by atoms with Gasteiger partial charge < -0.3 is 4.74 Å². The molecule has 1 heterocycles. The number of halogens is 2.